The molecule has 0 radical (unpaired) electrons. The fourth-order valence-electron chi connectivity index (χ4n) is 1.90. The Hall–Kier alpha value is -2.02. The number of nitrogens with zero attached hydrogens (tertiary/aromatic N) is 3. The van der Waals surface area contributed by atoms with E-state index < -0.39 is 0 Å². The molecule has 1 atom stereocenters. The number of aromatic nitrogens is 3. The molecule has 1 aliphatic carbocycles. The third-order valence-electron chi connectivity index (χ3n) is 3.27. The predicted molar refractivity (Wildman–Crippen MR) is 82.1 cm³/mol. The van der Waals surface area contributed by atoms with Crippen LogP contribution in [0.1, 0.15) is 19.8 Å². The minimum absolute atomic E-state index is 0.0201. The van der Waals surface area contributed by atoms with E-state index in [0.29, 0.717) is 17.0 Å². The molecule has 0 bridgehead atoms. The van der Waals surface area contributed by atoms with Crippen molar-refractivity contribution in [2.45, 2.75) is 36.2 Å². The summed E-state index contributed by atoms with van der Waals surface area (Å²) >= 11 is 1.32. The van der Waals surface area contributed by atoms with Crippen LogP contribution in [-0.2, 0) is 4.79 Å². The number of nitrogens with one attached hydrogen (secondary N) is 1. The largest absolute Gasteiger partial charge is 0.352 e. The predicted octanol–water partition coefficient (Wildman–Crippen LogP) is 1.42. The van der Waals surface area contributed by atoms with Gasteiger partial charge in [-0.15, -0.1) is 10.2 Å². The van der Waals surface area contributed by atoms with Crippen LogP contribution in [0.2, 0.25) is 0 Å². The Balaban J connectivity index is 1.71. The molecule has 1 heterocycles. The van der Waals surface area contributed by atoms with E-state index in [4.69, 9.17) is 5.84 Å². The normalized spacial score (nSPS) is 15.7. The van der Waals surface area contributed by atoms with Crippen molar-refractivity contribution in [2.75, 3.05) is 5.84 Å². The Bertz CT molecular complexity index is 638. The molecule has 1 saturated carbocycles. The Morgan fingerprint density at radius 1 is 1.38 bits per heavy atom. The maximum absolute atomic E-state index is 12.0. The van der Waals surface area contributed by atoms with Gasteiger partial charge in [0.1, 0.15) is 0 Å². The summed E-state index contributed by atoms with van der Waals surface area (Å²) in [6.45, 7) is 1.85. The number of carbonyl (C=O) groups excluding carboxylic acids is 1. The van der Waals surface area contributed by atoms with E-state index >= 15 is 0 Å². The van der Waals surface area contributed by atoms with Gasteiger partial charge < -0.3 is 11.2 Å². The number of nitrogens with two attached hydrogens (primary N) is 1. The minimum atomic E-state index is -0.249. The zero-order valence-electron chi connectivity index (χ0n) is 11.7. The molecule has 1 aliphatic rings. The molecule has 6 nitrogen and oxygen atoms in total. The molecule has 1 aromatic heterocycles. The van der Waals surface area contributed by atoms with Gasteiger partial charge in [-0.25, -0.2) is 4.68 Å². The quantitative estimate of drug-likeness (QED) is 0.644. The lowest BCUT2D eigenvalue weighted by molar-refractivity contribution is -0.120. The topological polar surface area (TPSA) is 85.8 Å². The van der Waals surface area contributed by atoms with Crippen LogP contribution in [-0.4, -0.2) is 32.1 Å². The van der Waals surface area contributed by atoms with E-state index in [0.717, 1.165) is 18.4 Å². The Morgan fingerprint density at radius 2 is 2.10 bits per heavy atom. The van der Waals surface area contributed by atoms with Crippen LogP contribution in [0.15, 0.2) is 35.5 Å². The summed E-state index contributed by atoms with van der Waals surface area (Å²) in [5.41, 5.74) is 0.898. The zero-order valence-corrected chi connectivity index (χ0v) is 12.5. The maximum Gasteiger partial charge on any atom is 0.233 e. The molecule has 1 unspecified atom stereocenters. The van der Waals surface area contributed by atoms with Gasteiger partial charge in [0.2, 0.25) is 11.1 Å². The molecule has 3 N–H and O–H groups in total. The first-order valence-electron chi connectivity index (χ1n) is 6.88. The van der Waals surface area contributed by atoms with Gasteiger partial charge in [0, 0.05) is 11.6 Å². The smallest absolute Gasteiger partial charge is 0.233 e. The highest BCUT2D eigenvalue weighted by molar-refractivity contribution is 8.00. The van der Waals surface area contributed by atoms with Crippen LogP contribution in [0.5, 0.6) is 0 Å². The summed E-state index contributed by atoms with van der Waals surface area (Å²) in [6, 6.07) is 9.97. The number of nitrogen functional groups attached to an aromatic ring is 1. The average Bonchev–Trinajstić information content (AvgIpc) is 3.24. The lowest BCUT2D eigenvalue weighted by Gasteiger charge is -2.10. The second-order valence-electron chi connectivity index (χ2n) is 5.09. The van der Waals surface area contributed by atoms with Crippen molar-refractivity contribution in [3.05, 3.63) is 30.3 Å². The Morgan fingerprint density at radius 3 is 2.76 bits per heavy atom. The molecule has 7 heteroatoms. The van der Waals surface area contributed by atoms with Gasteiger partial charge in [-0.1, -0.05) is 42.1 Å². The number of hydrogen-bond donors (Lipinski definition) is 2. The Labute approximate surface area is 127 Å². The van der Waals surface area contributed by atoms with E-state index in [2.05, 4.69) is 15.5 Å². The van der Waals surface area contributed by atoms with Crippen molar-refractivity contribution < 1.29 is 4.79 Å². The van der Waals surface area contributed by atoms with E-state index in [1.807, 2.05) is 37.3 Å². The first kappa shape index (κ1) is 13.9. The molecule has 1 aromatic carbocycles. The monoisotopic (exact) mass is 303 g/mol. The summed E-state index contributed by atoms with van der Waals surface area (Å²) in [4.78, 5) is 12.0. The lowest BCUT2D eigenvalue weighted by Crippen LogP contribution is -2.32. The van der Waals surface area contributed by atoms with Crippen molar-refractivity contribution in [3.8, 4) is 11.4 Å². The molecule has 0 aliphatic heterocycles. The highest BCUT2D eigenvalue weighted by Gasteiger charge is 2.27. The third kappa shape index (κ3) is 3.18. The van der Waals surface area contributed by atoms with Crippen LogP contribution in [0, 0.1) is 0 Å². The SMILES string of the molecule is CC(Sc1nnc(-c2ccccc2)n1N)C(=O)NC1CC1. The maximum atomic E-state index is 12.0. The van der Waals surface area contributed by atoms with E-state index in [1.54, 1.807) is 0 Å². The highest BCUT2D eigenvalue weighted by atomic mass is 32.2. The molecule has 3 rings (SSSR count). The van der Waals surface area contributed by atoms with E-state index in [-0.39, 0.29) is 11.2 Å². The van der Waals surface area contributed by atoms with Crippen molar-refractivity contribution >= 4 is 17.7 Å². The standard InChI is InChI=1S/C14H17N5OS/c1-9(13(20)16-11-7-8-11)21-14-18-17-12(19(14)15)10-5-3-2-4-6-10/h2-6,9,11H,7-8,15H2,1H3,(H,16,20). The van der Waals surface area contributed by atoms with Crippen molar-refractivity contribution in [3.63, 3.8) is 0 Å². The van der Waals surface area contributed by atoms with Crippen molar-refractivity contribution in [2.24, 2.45) is 0 Å². The van der Waals surface area contributed by atoms with Gasteiger partial charge in [0.05, 0.1) is 5.25 Å². The zero-order chi connectivity index (χ0) is 14.8. The fraction of sp³-hybridized carbons (Fsp3) is 0.357. The second-order valence-corrected chi connectivity index (χ2v) is 6.39. The van der Waals surface area contributed by atoms with Gasteiger partial charge in [-0.3, -0.25) is 4.79 Å². The molecule has 2 aromatic rings. The van der Waals surface area contributed by atoms with Crippen LogP contribution >= 0.6 is 11.8 Å². The molecular formula is C14H17N5OS. The first-order chi connectivity index (χ1) is 10.1. The van der Waals surface area contributed by atoms with Gasteiger partial charge >= 0.3 is 0 Å². The summed E-state index contributed by atoms with van der Waals surface area (Å²) in [6.07, 6.45) is 2.16. The summed E-state index contributed by atoms with van der Waals surface area (Å²) in [5.74, 6) is 6.65. The van der Waals surface area contributed by atoms with Gasteiger partial charge in [-0.05, 0) is 19.8 Å². The molecule has 1 fully saturated rings. The first-order valence-corrected chi connectivity index (χ1v) is 7.76. The lowest BCUT2D eigenvalue weighted by atomic mass is 10.2. The van der Waals surface area contributed by atoms with E-state index in [1.165, 1.54) is 16.4 Å². The number of amides is 1. The summed E-state index contributed by atoms with van der Waals surface area (Å²) in [5, 5.41) is 11.4. The van der Waals surface area contributed by atoms with Crippen molar-refractivity contribution in [1.29, 1.82) is 0 Å². The summed E-state index contributed by atoms with van der Waals surface area (Å²) in [7, 11) is 0. The van der Waals surface area contributed by atoms with Crippen molar-refractivity contribution in [1.82, 2.24) is 20.2 Å². The molecule has 1 amide bonds. The van der Waals surface area contributed by atoms with Crippen LogP contribution in [0.25, 0.3) is 11.4 Å². The van der Waals surface area contributed by atoms with Crippen LogP contribution in [0.3, 0.4) is 0 Å². The molecule has 21 heavy (non-hydrogen) atoms. The molecule has 0 spiro atoms. The number of rotatable bonds is 5. The van der Waals surface area contributed by atoms with Crippen LogP contribution < -0.4 is 11.2 Å². The molecular weight excluding hydrogens is 286 g/mol. The minimum Gasteiger partial charge on any atom is -0.352 e. The summed E-state index contributed by atoms with van der Waals surface area (Å²) < 4.78 is 1.43. The Kier molecular flexibility index (Phi) is 3.83. The third-order valence-corrected chi connectivity index (χ3v) is 4.33. The van der Waals surface area contributed by atoms with Gasteiger partial charge in [0.15, 0.2) is 5.82 Å². The van der Waals surface area contributed by atoms with Gasteiger partial charge in [-0.2, -0.15) is 0 Å². The average molecular weight is 303 g/mol. The number of thioether (sulfide) groups is 1. The van der Waals surface area contributed by atoms with Gasteiger partial charge in [0.25, 0.3) is 0 Å². The molecule has 0 saturated heterocycles. The number of hydrogen-bond acceptors (Lipinski definition) is 5. The van der Waals surface area contributed by atoms with E-state index in [9.17, 15) is 4.79 Å². The molecule has 110 valence electrons. The number of carbonyl (C=O) groups is 1. The highest BCUT2D eigenvalue weighted by Crippen LogP contribution is 2.26. The fourth-order valence-corrected chi connectivity index (χ4v) is 2.68. The van der Waals surface area contributed by atoms with Crippen LogP contribution in [0.4, 0.5) is 0 Å². The number of benzene rings is 1. The second kappa shape index (κ2) is 5.77.